The summed E-state index contributed by atoms with van der Waals surface area (Å²) < 4.78 is 0. The maximum Gasteiger partial charge on any atom is 0.238 e. The van der Waals surface area contributed by atoms with Gasteiger partial charge in [-0.05, 0) is 76.9 Å². The molecular weight excluding hydrogens is 362 g/mol. The number of amides is 2. The number of anilines is 2. The Labute approximate surface area is 173 Å². The molecule has 3 rings (SSSR count). The van der Waals surface area contributed by atoms with Gasteiger partial charge in [0.2, 0.25) is 11.8 Å². The fourth-order valence-corrected chi connectivity index (χ4v) is 3.89. The van der Waals surface area contributed by atoms with Gasteiger partial charge in [0.05, 0.1) is 6.54 Å². The summed E-state index contributed by atoms with van der Waals surface area (Å²) in [5, 5.41) is 6.07. The van der Waals surface area contributed by atoms with Gasteiger partial charge in [-0.15, -0.1) is 0 Å². The summed E-state index contributed by atoms with van der Waals surface area (Å²) in [6.07, 6.45) is 1.54. The average Bonchev–Trinajstić information content (AvgIpc) is 2.67. The average molecular weight is 394 g/mol. The molecule has 2 N–H and O–H groups in total. The molecule has 2 aromatic carbocycles. The number of hydrogen-bond donors (Lipinski definition) is 2. The highest BCUT2D eigenvalue weighted by atomic mass is 16.2. The molecule has 1 aliphatic heterocycles. The Bertz CT molecular complexity index is 899. The fourth-order valence-electron chi connectivity index (χ4n) is 3.89. The van der Waals surface area contributed by atoms with Crippen molar-refractivity contribution in [1.82, 2.24) is 4.90 Å². The molecule has 0 radical (unpaired) electrons. The van der Waals surface area contributed by atoms with Crippen LogP contribution in [-0.4, -0.2) is 36.3 Å². The first-order chi connectivity index (χ1) is 13.8. The number of aryl methyl sites for hydroxylation is 4. The Kier molecular flexibility index (Phi) is 6.70. The molecule has 0 bridgehead atoms. The number of rotatable bonds is 5. The summed E-state index contributed by atoms with van der Waals surface area (Å²) in [7, 11) is 0. The minimum absolute atomic E-state index is 0.00450. The maximum absolute atomic E-state index is 12.6. The van der Waals surface area contributed by atoms with Crippen molar-refractivity contribution in [3.05, 3.63) is 58.7 Å². The molecule has 2 amide bonds. The highest BCUT2D eigenvalue weighted by molar-refractivity contribution is 5.94. The second kappa shape index (κ2) is 9.23. The summed E-state index contributed by atoms with van der Waals surface area (Å²) in [6, 6.07) is 12.1. The van der Waals surface area contributed by atoms with Crippen LogP contribution in [0.1, 0.15) is 35.1 Å². The van der Waals surface area contributed by atoms with Crippen LogP contribution in [0.25, 0.3) is 0 Å². The monoisotopic (exact) mass is 393 g/mol. The van der Waals surface area contributed by atoms with Gasteiger partial charge in [-0.1, -0.05) is 35.4 Å². The van der Waals surface area contributed by atoms with Crippen LogP contribution in [0.15, 0.2) is 36.4 Å². The summed E-state index contributed by atoms with van der Waals surface area (Å²) >= 11 is 0. The van der Waals surface area contributed by atoms with E-state index < -0.39 is 0 Å². The van der Waals surface area contributed by atoms with Crippen molar-refractivity contribution in [3.63, 3.8) is 0 Å². The van der Waals surface area contributed by atoms with E-state index in [4.69, 9.17) is 0 Å². The van der Waals surface area contributed by atoms with Crippen LogP contribution < -0.4 is 10.6 Å². The van der Waals surface area contributed by atoms with Crippen molar-refractivity contribution < 1.29 is 9.59 Å². The van der Waals surface area contributed by atoms with E-state index in [0.717, 1.165) is 48.4 Å². The Balaban J connectivity index is 1.47. The van der Waals surface area contributed by atoms with Crippen molar-refractivity contribution >= 4 is 23.2 Å². The van der Waals surface area contributed by atoms with Gasteiger partial charge >= 0.3 is 0 Å². The van der Waals surface area contributed by atoms with Crippen molar-refractivity contribution in [2.45, 2.75) is 40.5 Å². The lowest BCUT2D eigenvalue weighted by molar-refractivity contribution is -0.121. The van der Waals surface area contributed by atoms with Crippen LogP contribution >= 0.6 is 0 Å². The zero-order valence-electron chi connectivity index (χ0n) is 17.8. The molecule has 0 atom stereocenters. The molecule has 1 heterocycles. The molecule has 5 heteroatoms. The molecule has 1 fully saturated rings. The van der Waals surface area contributed by atoms with E-state index >= 15 is 0 Å². The first-order valence-electron chi connectivity index (χ1n) is 10.3. The van der Waals surface area contributed by atoms with Gasteiger partial charge in [0.1, 0.15) is 0 Å². The number of nitrogens with zero attached hydrogens (tertiary/aromatic N) is 1. The van der Waals surface area contributed by atoms with E-state index in [-0.39, 0.29) is 17.7 Å². The second-order valence-corrected chi connectivity index (χ2v) is 8.22. The standard InChI is InChI=1S/C24H31N3O2/c1-16-5-7-21(18(3)13-16)25-23(28)15-27-11-9-20(10-12-27)24(29)26-22-8-6-17(2)14-19(22)4/h5-8,13-14,20H,9-12,15H2,1-4H3,(H,25,28)(H,26,29). The van der Waals surface area contributed by atoms with Gasteiger partial charge in [0.15, 0.2) is 0 Å². The fraction of sp³-hybridized carbons (Fsp3) is 0.417. The molecule has 0 aliphatic carbocycles. The predicted molar refractivity (Wildman–Crippen MR) is 118 cm³/mol. The minimum Gasteiger partial charge on any atom is -0.326 e. The van der Waals surface area contributed by atoms with Gasteiger partial charge in [0, 0.05) is 17.3 Å². The summed E-state index contributed by atoms with van der Waals surface area (Å²) in [4.78, 5) is 27.2. The van der Waals surface area contributed by atoms with Gasteiger partial charge in [0.25, 0.3) is 0 Å². The molecule has 0 spiro atoms. The third-order valence-corrected chi connectivity index (χ3v) is 5.62. The van der Waals surface area contributed by atoms with Crippen LogP contribution in [0.3, 0.4) is 0 Å². The van der Waals surface area contributed by atoms with Gasteiger partial charge < -0.3 is 10.6 Å². The van der Waals surface area contributed by atoms with Crippen molar-refractivity contribution in [2.24, 2.45) is 5.92 Å². The number of piperidine rings is 1. The third kappa shape index (κ3) is 5.67. The molecule has 154 valence electrons. The summed E-state index contributed by atoms with van der Waals surface area (Å²) in [5.74, 6) is 0.0702. The quantitative estimate of drug-likeness (QED) is 0.800. The number of carbonyl (C=O) groups excluding carboxylic acids is 2. The Hall–Kier alpha value is -2.66. The van der Waals surface area contributed by atoms with E-state index in [1.165, 1.54) is 11.1 Å². The molecule has 2 aromatic rings. The van der Waals surface area contributed by atoms with Crippen molar-refractivity contribution in [3.8, 4) is 0 Å². The molecule has 0 saturated carbocycles. The molecule has 1 saturated heterocycles. The van der Waals surface area contributed by atoms with Crippen molar-refractivity contribution in [1.29, 1.82) is 0 Å². The number of benzene rings is 2. The topological polar surface area (TPSA) is 61.4 Å². The molecule has 29 heavy (non-hydrogen) atoms. The van der Waals surface area contributed by atoms with E-state index in [2.05, 4.69) is 27.7 Å². The van der Waals surface area contributed by atoms with Gasteiger partial charge in [-0.3, -0.25) is 14.5 Å². The second-order valence-electron chi connectivity index (χ2n) is 8.22. The summed E-state index contributed by atoms with van der Waals surface area (Å²) in [6.45, 7) is 9.97. The van der Waals surface area contributed by atoms with Crippen LogP contribution in [0.2, 0.25) is 0 Å². The highest BCUT2D eigenvalue weighted by Gasteiger charge is 2.26. The Morgan fingerprint density at radius 3 is 1.90 bits per heavy atom. The Morgan fingerprint density at radius 1 is 0.862 bits per heavy atom. The first kappa shape index (κ1) is 21.1. The van der Waals surface area contributed by atoms with E-state index in [1.54, 1.807) is 0 Å². The molecule has 5 nitrogen and oxygen atoms in total. The van der Waals surface area contributed by atoms with E-state index in [1.807, 2.05) is 52.0 Å². The minimum atomic E-state index is -0.00522. The predicted octanol–water partition coefficient (Wildman–Crippen LogP) is 4.21. The van der Waals surface area contributed by atoms with Crippen LogP contribution in [-0.2, 0) is 9.59 Å². The lowest BCUT2D eigenvalue weighted by Gasteiger charge is -2.30. The third-order valence-electron chi connectivity index (χ3n) is 5.62. The number of likely N-dealkylation sites (tertiary alicyclic amines) is 1. The zero-order valence-corrected chi connectivity index (χ0v) is 17.8. The van der Waals surface area contributed by atoms with Crippen LogP contribution in [0.4, 0.5) is 11.4 Å². The number of hydrogen-bond acceptors (Lipinski definition) is 3. The molecular formula is C24H31N3O2. The van der Waals surface area contributed by atoms with Crippen LogP contribution in [0.5, 0.6) is 0 Å². The van der Waals surface area contributed by atoms with E-state index in [9.17, 15) is 9.59 Å². The molecule has 1 aliphatic rings. The van der Waals surface area contributed by atoms with Crippen molar-refractivity contribution in [2.75, 3.05) is 30.3 Å². The normalized spacial score (nSPS) is 15.2. The lowest BCUT2D eigenvalue weighted by atomic mass is 9.95. The molecule has 0 unspecified atom stereocenters. The number of carbonyl (C=O) groups is 2. The maximum atomic E-state index is 12.6. The summed E-state index contributed by atoms with van der Waals surface area (Å²) in [5.41, 5.74) is 6.27. The lowest BCUT2D eigenvalue weighted by Crippen LogP contribution is -2.41. The largest absolute Gasteiger partial charge is 0.326 e. The van der Waals surface area contributed by atoms with Crippen LogP contribution in [0, 0.1) is 33.6 Å². The number of nitrogens with one attached hydrogen (secondary N) is 2. The van der Waals surface area contributed by atoms with E-state index in [0.29, 0.717) is 6.54 Å². The molecule has 0 aromatic heterocycles. The highest BCUT2D eigenvalue weighted by Crippen LogP contribution is 2.22. The Morgan fingerprint density at radius 2 is 1.38 bits per heavy atom. The van der Waals surface area contributed by atoms with Gasteiger partial charge in [-0.2, -0.15) is 0 Å². The smallest absolute Gasteiger partial charge is 0.238 e. The SMILES string of the molecule is Cc1ccc(NC(=O)CN2CCC(C(=O)Nc3ccc(C)cc3C)CC2)c(C)c1. The zero-order chi connectivity index (χ0) is 21.0. The first-order valence-corrected chi connectivity index (χ1v) is 10.3. The van der Waals surface area contributed by atoms with Gasteiger partial charge in [-0.25, -0.2) is 0 Å².